The maximum atomic E-state index is 15.2. The Morgan fingerprint density at radius 1 is 1.27 bits per heavy atom. The zero-order valence-electron chi connectivity index (χ0n) is 13.9. The number of fused-ring (bicyclic) bond motifs is 1. The van der Waals surface area contributed by atoms with Crippen molar-refractivity contribution in [3.63, 3.8) is 0 Å². The molecule has 0 radical (unpaired) electrons. The zero-order chi connectivity index (χ0) is 18.6. The lowest BCUT2D eigenvalue weighted by Gasteiger charge is -2.20. The highest BCUT2D eigenvalue weighted by atomic mass is 19.1. The van der Waals surface area contributed by atoms with Gasteiger partial charge in [-0.05, 0) is 38.2 Å². The molecule has 0 aliphatic heterocycles. The normalized spacial score (nSPS) is 22.7. The topological polar surface area (TPSA) is 94.6 Å². The standard InChI is InChI=1S/C18H18F2N2O4/c19-11-6-9-15(14(20)17(11)26-13-3-1-2-12(13)21)22(8-4-5-8)7-10(16(9)23)18(24)25/h6-8,12-13H,1-5,21H2,(H,24,25)/t12-,13-/m0/s1. The number of carboxylic acid groups (broad SMARTS) is 1. The van der Waals surface area contributed by atoms with Crippen LogP contribution in [0.1, 0.15) is 48.5 Å². The zero-order valence-corrected chi connectivity index (χ0v) is 13.9. The number of aromatic nitrogens is 1. The first-order chi connectivity index (χ1) is 12.4. The second kappa shape index (κ2) is 6.05. The number of carbonyl (C=O) groups is 1. The van der Waals surface area contributed by atoms with Crippen LogP contribution in [-0.2, 0) is 0 Å². The van der Waals surface area contributed by atoms with E-state index in [2.05, 4.69) is 0 Å². The van der Waals surface area contributed by atoms with Crippen LogP contribution in [0.2, 0.25) is 0 Å². The molecule has 0 saturated heterocycles. The molecule has 0 bridgehead atoms. The molecule has 3 N–H and O–H groups in total. The Morgan fingerprint density at radius 3 is 2.58 bits per heavy atom. The predicted molar refractivity (Wildman–Crippen MR) is 89.6 cm³/mol. The molecular formula is C18H18F2N2O4. The molecule has 0 spiro atoms. The summed E-state index contributed by atoms with van der Waals surface area (Å²) in [6.07, 6.45) is 4.25. The van der Waals surface area contributed by atoms with Gasteiger partial charge in [0.2, 0.25) is 5.43 Å². The van der Waals surface area contributed by atoms with Crippen LogP contribution in [0.15, 0.2) is 17.1 Å². The minimum absolute atomic E-state index is 0.113. The lowest BCUT2D eigenvalue weighted by molar-refractivity contribution is 0.0695. The predicted octanol–water partition coefficient (Wildman–Crippen LogP) is 2.57. The molecule has 138 valence electrons. The Morgan fingerprint density at radius 2 is 2.00 bits per heavy atom. The lowest BCUT2D eigenvalue weighted by atomic mass is 10.1. The summed E-state index contributed by atoms with van der Waals surface area (Å²) in [4.78, 5) is 23.7. The summed E-state index contributed by atoms with van der Waals surface area (Å²) in [5.41, 5.74) is 4.38. The van der Waals surface area contributed by atoms with Crippen LogP contribution in [0.3, 0.4) is 0 Å². The third-order valence-corrected chi connectivity index (χ3v) is 5.11. The first-order valence-electron chi connectivity index (χ1n) is 8.61. The van der Waals surface area contributed by atoms with Crippen LogP contribution in [-0.4, -0.2) is 27.8 Å². The van der Waals surface area contributed by atoms with Crippen molar-refractivity contribution in [3.05, 3.63) is 39.7 Å². The molecule has 26 heavy (non-hydrogen) atoms. The fourth-order valence-electron chi connectivity index (χ4n) is 3.58. The molecule has 4 rings (SSSR count). The van der Waals surface area contributed by atoms with Gasteiger partial charge in [-0.15, -0.1) is 0 Å². The van der Waals surface area contributed by atoms with Gasteiger partial charge < -0.3 is 20.1 Å². The summed E-state index contributed by atoms with van der Waals surface area (Å²) in [5, 5.41) is 8.93. The number of nitrogens with two attached hydrogens (primary N) is 1. The Hall–Kier alpha value is -2.48. The van der Waals surface area contributed by atoms with Crippen LogP contribution in [0.4, 0.5) is 8.78 Å². The molecular weight excluding hydrogens is 346 g/mol. The molecule has 1 aromatic carbocycles. The number of halogens is 2. The number of rotatable bonds is 4. The van der Waals surface area contributed by atoms with Crippen molar-refractivity contribution in [1.82, 2.24) is 4.57 Å². The fraction of sp³-hybridized carbons (Fsp3) is 0.444. The molecule has 0 amide bonds. The van der Waals surface area contributed by atoms with Gasteiger partial charge in [0.15, 0.2) is 17.4 Å². The molecule has 2 aliphatic carbocycles. The number of ether oxygens (including phenoxy) is 1. The van der Waals surface area contributed by atoms with Gasteiger partial charge in [-0.25, -0.2) is 13.6 Å². The highest BCUT2D eigenvalue weighted by Gasteiger charge is 2.32. The van der Waals surface area contributed by atoms with Gasteiger partial charge >= 0.3 is 5.97 Å². The van der Waals surface area contributed by atoms with Crippen molar-refractivity contribution in [2.75, 3.05) is 0 Å². The smallest absolute Gasteiger partial charge is 0.341 e. The molecule has 2 atom stereocenters. The summed E-state index contributed by atoms with van der Waals surface area (Å²) < 4.78 is 36.6. The summed E-state index contributed by atoms with van der Waals surface area (Å²) in [6, 6.07) is 0.448. The van der Waals surface area contributed by atoms with Gasteiger partial charge in [0.05, 0.1) is 10.9 Å². The molecule has 1 aromatic heterocycles. The maximum absolute atomic E-state index is 15.2. The highest BCUT2D eigenvalue weighted by Crippen LogP contribution is 2.40. The van der Waals surface area contributed by atoms with E-state index in [0.717, 1.165) is 37.9 Å². The lowest BCUT2D eigenvalue weighted by Crippen LogP contribution is -2.34. The van der Waals surface area contributed by atoms with Crippen molar-refractivity contribution in [2.24, 2.45) is 5.73 Å². The number of nitrogens with zero attached hydrogens (tertiary/aromatic N) is 1. The van der Waals surface area contributed by atoms with E-state index in [1.807, 2.05) is 0 Å². The van der Waals surface area contributed by atoms with Gasteiger partial charge in [-0.3, -0.25) is 4.79 Å². The Kier molecular flexibility index (Phi) is 3.95. The molecule has 0 unspecified atom stereocenters. The van der Waals surface area contributed by atoms with Crippen LogP contribution < -0.4 is 15.9 Å². The van der Waals surface area contributed by atoms with E-state index in [1.54, 1.807) is 0 Å². The third-order valence-electron chi connectivity index (χ3n) is 5.11. The second-order valence-electron chi connectivity index (χ2n) is 6.96. The fourth-order valence-corrected chi connectivity index (χ4v) is 3.58. The first kappa shape index (κ1) is 17.0. The summed E-state index contributed by atoms with van der Waals surface area (Å²) >= 11 is 0. The van der Waals surface area contributed by atoms with Gasteiger partial charge in [-0.1, -0.05) is 0 Å². The Balaban J connectivity index is 1.93. The van der Waals surface area contributed by atoms with Gasteiger partial charge in [-0.2, -0.15) is 0 Å². The number of hydrogen-bond acceptors (Lipinski definition) is 4. The van der Waals surface area contributed by atoms with E-state index < -0.39 is 40.4 Å². The Labute approximate surface area is 147 Å². The van der Waals surface area contributed by atoms with Crippen LogP contribution in [0.25, 0.3) is 10.9 Å². The number of benzene rings is 1. The van der Waals surface area contributed by atoms with E-state index in [1.165, 1.54) is 4.57 Å². The molecule has 8 heteroatoms. The number of hydrogen-bond donors (Lipinski definition) is 2. The molecule has 1 heterocycles. The second-order valence-corrected chi connectivity index (χ2v) is 6.96. The van der Waals surface area contributed by atoms with Crippen molar-refractivity contribution in [1.29, 1.82) is 0 Å². The van der Waals surface area contributed by atoms with Gasteiger partial charge in [0, 0.05) is 18.3 Å². The van der Waals surface area contributed by atoms with Gasteiger partial charge in [0.1, 0.15) is 11.7 Å². The molecule has 6 nitrogen and oxygen atoms in total. The molecule has 2 saturated carbocycles. The third kappa shape index (κ3) is 2.65. The number of aromatic carboxylic acids is 1. The van der Waals surface area contributed by atoms with Crippen molar-refractivity contribution >= 4 is 16.9 Å². The summed E-state index contributed by atoms with van der Waals surface area (Å²) in [6.45, 7) is 0. The SMILES string of the molecule is N[C@H]1CCC[C@@H]1Oc1c(F)cc2c(=O)c(C(=O)O)cn(C3CC3)c2c1F. The van der Waals surface area contributed by atoms with E-state index in [-0.39, 0.29) is 23.0 Å². The van der Waals surface area contributed by atoms with Crippen LogP contribution >= 0.6 is 0 Å². The summed E-state index contributed by atoms with van der Waals surface area (Å²) in [5.74, 6) is -4.00. The van der Waals surface area contributed by atoms with Crippen molar-refractivity contribution in [2.45, 2.75) is 50.3 Å². The van der Waals surface area contributed by atoms with Gasteiger partial charge in [0.25, 0.3) is 0 Å². The largest absolute Gasteiger partial charge is 0.483 e. The monoisotopic (exact) mass is 364 g/mol. The highest BCUT2D eigenvalue weighted by molar-refractivity contribution is 5.93. The molecule has 2 aromatic rings. The summed E-state index contributed by atoms with van der Waals surface area (Å²) in [7, 11) is 0. The number of carboxylic acids is 1. The molecule has 2 fully saturated rings. The average molecular weight is 364 g/mol. The minimum Gasteiger partial charge on any atom is -0.483 e. The average Bonchev–Trinajstić information content (AvgIpc) is 3.35. The van der Waals surface area contributed by atoms with E-state index in [9.17, 15) is 19.1 Å². The van der Waals surface area contributed by atoms with Crippen molar-refractivity contribution < 1.29 is 23.4 Å². The van der Waals surface area contributed by atoms with E-state index >= 15 is 4.39 Å². The van der Waals surface area contributed by atoms with Crippen LogP contribution in [0.5, 0.6) is 5.75 Å². The molecule has 2 aliphatic rings. The maximum Gasteiger partial charge on any atom is 0.341 e. The minimum atomic E-state index is -1.43. The Bertz CT molecular complexity index is 968. The quantitative estimate of drug-likeness (QED) is 0.870. The van der Waals surface area contributed by atoms with Crippen molar-refractivity contribution in [3.8, 4) is 5.75 Å². The van der Waals surface area contributed by atoms with E-state index in [4.69, 9.17) is 10.5 Å². The first-order valence-corrected chi connectivity index (χ1v) is 8.61. The number of pyridine rings is 1. The van der Waals surface area contributed by atoms with Crippen LogP contribution in [0, 0.1) is 11.6 Å². The van der Waals surface area contributed by atoms with E-state index in [0.29, 0.717) is 6.42 Å².